The van der Waals surface area contributed by atoms with E-state index in [1.807, 2.05) is 6.07 Å². The van der Waals surface area contributed by atoms with Gasteiger partial charge in [0.05, 0.1) is 17.4 Å². The smallest absolute Gasteiger partial charge is 0.0931 e. The number of aromatic nitrogens is 2. The maximum atomic E-state index is 7.33. The molecule has 0 saturated heterocycles. The molecule has 0 bridgehead atoms. The van der Waals surface area contributed by atoms with Crippen LogP contribution in [0, 0.1) is 0 Å². The molecule has 1 heterocycles. The number of benzene rings is 1. The Hall–Kier alpha value is -1.64. The largest absolute Gasteiger partial charge is 0.301 e. The standard InChI is InChI=1S/C8H6N3/c9-7-1-2-8-6(5-7)3-4-10-11-8/h1-5,9H. The Morgan fingerprint density at radius 1 is 1.18 bits per heavy atom. The normalized spacial score (nSPS) is 10.2. The third kappa shape index (κ3) is 1.00. The lowest BCUT2D eigenvalue weighted by Gasteiger charge is -1.94. The number of rotatable bonds is 0. The Labute approximate surface area is 63.9 Å². The minimum atomic E-state index is 0.505. The van der Waals surface area contributed by atoms with Gasteiger partial charge in [0, 0.05) is 5.39 Å². The number of nitrogens with zero attached hydrogens (tertiary/aromatic N) is 2. The predicted octanol–water partition coefficient (Wildman–Crippen LogP) is 1.54. The maximum Gasteiger partial charge on any atom is 0.0931 e. The van der Waals surface area contributed by atoms with Gasteiger partial charge in [0.25, 0.3) is 0 Å². The average molecular weight is 144 g/mol. The van der Waals surface area contributed by atoms with Crippen LogP contribution in [0.4, 0.5) is 5.69 Å². The van der Waals surface area contributed by atoms with Gasteiger partial charge >= 0.3 is 0 Å². The van der Waals surface area contributed by atoms with Crippen LogP contribution in [0.25, 0.3) is 10.9 Å². The molecule has 3 nitrogen and oxygen atoms in total. The van der Waals surface area contributed by atoms with E-state index in [1.54, 1.807) is 24.4 Å². The molecule has 2 rings (SSSR count). The van der Waals surface area contributed by atoms with E-state index >= 15 is 0 Å². The second-order valence-electron chi connectivity index (χ2n) is 2.30. The molecule has 0 aliphatic heterocycles. The highest BCUT2D eigenvalue weighted by Crippen LogP contribution is 2.13. The van der Waals surface area contributed by atoms with E-state index in [1.165, 1.54) is 0 Å². The van der Waals surface area contributed by atoms with Crippen molar-refractivity contribution in [2.45, 2.75) is 0 Å². The van der Waals surface area contributed by atoms with Crippen molar-refractivity contribution in [2.75, 3.05) is 0 Å². The summed E-state index contributed by atoms with van der Waals surface area (Å²) < 4.78 is 0. The minimum absolute atomic E-state index is 0.505. The van der Waals surface area contributed by atoms with Crippen LogP contribution >= 0.6 is 0 Å². The molecule has 0 amide bonds. The summed E-state index contributed by atoms with van der Waals surface area (Å²) in [5.74, 6) is 0. The van der Waals surface area contributed by atoms with Gasteiger partial charge in [-0.1, -0.05) is 0 Å². The molecule has 0 aliphatic carbocycles. The monoisotopic (exact) mass is 144 g/mol. The van der Waals surface area contributed by atoms with Gasteiger partial charge in [0.1, 0.15) is 0 Å². The van der Waals surface area contributed by atoms with E-state index in [9.17, 15) is 0 Å². The van der Waals surface area contributed by atoms with Crippen molar-refractivity contribution >= 4 is 16.6 Å². The van der Waals surface area contributed by atoms with Crippen molar-refractivity contribution in [3.05, 3.63) is 30.5 Å². The van der Waals surface area contributed by atoms with Crippen molar-refractivity contribution < 1.29 is 0 Å². The first-order valence-corrected chi connectivity index (χ1v) is 3.29. The number of fused-ring (bicyclic) bond motifs is 1. The first kappa shape index (κ1) is 6.09. The zero-order valence-corrected chi connectivity index (χ0v) is 5.78. The fraction of sp³-hybridized carbons (Fsp3) is 0. The summed E-state index contributed by atoms with van der Waals surface area (Å²) in [6.07, 6.45) is 1.63. The zero-order valence-electron chi connectivity index (χ0n) is 5.78. The summed E-state index contributed by atoms with van der Waals surface area (Å²) in [5, 5.41) is 8.59. The average Bonchev–Trinajstić information content (AvgIpc) is 2.04. The summed E-state index contributed by atoms with van der Waals surface area (Å²) in [6, 6.07) is 7.12. The first-order valence-electron chi connectivity index (χ1n) is 3.29. The summed E-state index contributed by atoms with van der Waals surface area (Å²) in [4.78, 5) is 0. The van der Waals surface area contributed by atoms with Gasteiger partial charge < -0.3 is 5.73 Å². The molecule has 1 aromatic heterocycles. The molecule has 3 heteroatoms. The third-order valence-electron chi connectivity index (χ3n) is 1.51. The number of nitrogens with one attached hydrogen (secondary N) is 1. The molecule has 1 N–H and O–H groups in total. The highest BCUT2D eigenvalue weighted by molar-refractivity contribution is 5.80. The molecule has 0 atom stereocenters. The predicted molar refractivity (Wildman–Crippen MR) is 42.3 cm³/mol. The highest BCUT2D eigenvalue weighted by atomic mass is 15.1. The van der Waals surface area contributed by atoms with Gasteiger partial charge in [-0.05, 0) is 24.3 Å². The second kappa shape index (κ2) is 2.20. The van der Waals surface area contributed by atoms with E-state index < -0.39 is 0 Å². The number of hydrogen-bond donors (Lipinski definition) is 0. The van der Waals surface area contributed by atoms with Crippen molar-refractivity contribution in [3.63, 3.8) is 0 Å². The molecule has 0 saturated carbocycles. The summed E-state index contributed by atoms with van der Waals surface area (Å²) in [7, 11) is 0. The topological polar surface area (TPSA) is 49.6 Å². The summed E-state index contributed by atoms with van der Waals surface area (Å²) in [5.41, 5.74) is 8.67. The molecule has 11 heavy (non-hydrogen) atoms. The molecule has 0 aliphatic rings. The molecular formula is C8H6N3. The van der Waals surface area contributed by atoms with Crippen LogP contribution in [0.2, 0.25) is 0 Å². The van der Waals surface area contributed by atoms with Crippen molar-refractivity contribution in [2.24, 2.45) is 0 Å². The maximum absolute atomic E-state index is 7.33. The lowest BCUT2D eigenvalue weighted by atomic mass is 10.2. The Balaban J connectivity index is 2.83. The molecular weight excluding hydrogens is 138 g/mol. The third-order valence-corrected chi connectivity index (χ3v) is 1.51. The molecule has 1 radical (unpaired) electrons. The minimum Gasteiger partial charge on any atom is -0.301 e. The van der Waals surface area contributed by atoms with Crippen LogP contribution < -0.4 is 5.73 Å². The molecule has 0 fully saturated rings. The van der Waals surface area contributed by atoms with Gasteiger partial charge in [0.15, 0.2) is 0 Å². The lowest BCUT2D eigenvalue weighted by Crippen LogP contribution is -1.81. The number of hydrogen-bond acceptors (Lipinski definition) is 2. The van der Waals surface area contributed by atoms with E-state index in [0.29, 0.717) is 5.69 Å². The Morgan fingerprint density at radius 3 is 3.00 bits per heavy atom. The van der Waals surface area contributed by atoms with Crippen LogP contribution in [0.15, 0.2) is 30.5 Å². The Kier molecular flexibility index (Phi) is 1.22. The van der Waals surface area contributed by atoms with Crippen LogP contribution in [-0.2, 0) is 0 Å². The molecule has 0 unspecified atom stereocenters. The Morgan fingerprint density at radius 2 is 2.09 bits per heavy atom. The van der Waals surface area contributed by atoms with E-state index in [4.69, 9.17) is 5.73 Å². The van der Waals surface area contributed by atoms with E-state index in [-0.39, 0.29) is 0 Å². The molecule has 0 spiro atoms. The fourth-order valence-electron chi connectivity index (χ4n) is 0.988. The summed E-state index contributed by atoms with van der Waals surface area (Å²) >= 11 is 0. The van der Waals surface area contributed by atoms with Gasteiger partial charge in [-0.25, -0.2) is 0 Å². The van der Waals surface area contributed by atoms with Gasteiger partial charge in [-0.3, -0.25) is 0 Å². The van der Waals surface area contributed by atoms with Gasteiger partial charge in [-0.2, -0.15) is 10.2 Å². The van der Waals surface area contributed by atoms with Crippen LogP contribution in [0.1, 0.15) is 0 Å². The second-order valence-corrected chi connectivity index (χ2v) is 2.30. The van der Waals surface area contributed by atoms with Crippen LogP contribution in [-0.4, -0.2) is 10.2 Å². The zero-order chi connectivity index (χ0) is 7.68. The SMILES string of the molecule is [NH]c1ccc2nnccc2c1. The molecule has 53 valence electrons. The Bertz CT molecular complexity index is 384. The molecule has 1 aromatic carbocycles. The quantitative estimate of drug-likeness (QED) is 0.563. The van der Waals surface area contributed by atoms with Crippen molar-refractivity contribution in [1.29, 1.82) is 0 Å². The van der Waals surface area contributed by atoms with Crippen LogP contribution in [0.5, 0.6) is 0 Å². The summed E-state index contributed by atoms with van der Waals surface area (Å²) in [6.45, 7) is 0. The van der Waals surface area contributed by atoms with Gasteiger partial charge in [-0.15, -0.1) is 0 Å². The van der Waals surface area contributed by atoms with Crippen LogP contribution in [0.3, 0.4) is 0 Å². The fourth-order valence-corrected chi connectivity index (χ4v) is 0.988. The van der Waals surface area contributed by atoms with Gasteiger partial charge in [0.2, 0.25) is 0 Å². The van der Waals surface area contributed by atoms with E-state index in [2.05, 4.69) is 10.2 Å². The highest BCUT2D eigenvalue weighted by Gasteiger charge is 1.92. The lowest BCUT2D eigenvalue weighted by molar-refractivity contribution is 1.08. The van der Waals surface area contributed by atoms with E-state index in [0.717, 1.165) is 10.9 Å². The van der Waals surface area contributed by atoms with Crippen molar-refractivity contribution in [3.8, 4) is 0 Å². The molecule has 2 aromatic rings. The van der Waals surface area contributed by atoms with Crippen molar-refractivity contribution in [1.82, 2.24) is 15.9 Å². The first-order chi connectivity index (χ1) is 5.36.